The zero-order valence-corrected chi connectivity index (χ0v) is 25.3. The number of amides is 1. The number of ether oxygens (including phenoxy) is 1. The lowest BCUT2D eigenvalue weighted by Crippen LogP contribution is -2.57. The van der Waals surface area contributed by atoms with Crippen LogP contribution < -0.4 is 16.4 Å². The van der Waals surface area contributed by atoms with Crippen molar-refractivity contribution in [2.24, 2.45) is 5.73 Å². The average molecular weight is 609 g/mol. The lowest BCUT2D eigenvalue weighted by atomic mass is 9.66. The van der Waals surface area contributed by atoms with Gasteiger partial charge in [-0.2, -0.15) is 0 Å². The van der Waals surface area contributed by atoms with Gasteiger partial charge in [-0.3, -0.25) is 13.9 Å². The summed E-state index contributed by atoms with van der Waals surface area (Å²) in [5, 5.41) is 7.06. The van der Waals surface area contributed by atoms with Crippen molar-refractivity contribution in [3.8, 4) is 0 Å². The fourth-order valence-electron chi connectivity index (χ4n) is 7.03. The highest BCUT2D eigenvalue weighted by atomic mass is 35.5. The van der Waals surface area contributed by atoms with Gasteiger partial charge in [-0.1, -0.05) is 29.8 Å². The maximum atomic E-state index is 15.2. The molecule has 0 aliphatic carbocycles. The minimum atomic E-state index is -2.86. The van der Waals surface area contributed by atoms with Gasteiger partial charge in [0.2, 0.25) is 5.91 Å². The second-order valence-electron chi connectivity index (χ2n) is 11.9. The first-order valence-electron chi connectivity index (χ1n) is 14.5. The number of anilines is 1. The van der Waals surface area contributed by atoms with Crippen LogP contribution >= 0.6 is 22.4 Å². The molecule has 5 rings (SSSR count). The zero-order valence-electron chi connectivity index (χ0n) is 23.7. The van der Waals surface area contributed by atoms with Crippen LogP contribution in [0.3, 0.4) is 0 Å². The van der Waals surface area contributed by atoms with Gasteiger partial charge in [0.1, 0.15) is 5.82 Å². The van der Waals surface area contributed by atoms with Crippen LogP contribution in [0.5, 0.6) is 0 Å². The smallest absolute Gasteiger partial charge is 0.242 e. The fraction of sp³-hybridized carbons (Fsp3) is 0.567. The number of benzene rings is 2. The van der Waals surface area contributed by atoms with Crippen LogP contribution in [0.15, 0.2) is 42.5 Å². The van der Waals surface area contributed by atoms with Crippen molar-refractivity contribution < 1.29 is 23.0 Å². The Kier molecular flexibility index (Phi) is 9.33. The molecule has 0 aromatic heterocycles. The van der Waals surface area contributed by atoms with Crippen LogP contribution in [0.1, 0.15) is 57.1 Å². The van der Waals surface area contributed by atoms with E-state index in [9.17, 15) is 13.9 Å². The number of carbonyl (C=O) groups excluding carboxylic acids is 1. The van der Waals surface area contributed by atoms with Gasteiger partial charge in [0.25, 0.3) is 0 Å². The lowest BCUT2D eigenvalue weighted by molar-refractivity contribution is -0.122. The Morgan fingerprint density at radius 3 is 2.66 bits per heavy atom. The van der Waals surface area contributed by atoms with E-state index in [2.05, 4.69) is 10.6 Å². The second kappa shape index (κ2) is 12.5. The minimum Gasteiger partial charge on any atom is -0.375 e. The van der Waals surface area contributed by atoms with Gasteiger partial charge in [0, 0.05) is 46.9 Å². The Morgan fingerprint density at radius 1 is 1.24 bits per heavy atom. The standard InChI is InChI=1S/C30H42ClFN4O4S/c1-19-15-30(16-20(2)40-19,21-8-10-22(31)11-9-21)28(33)29(37)35-27-7-3-6-26(32)25(27)13-12-24-17-34-23-5-4-14-41(38,39)36(24)18-23/h3,6-11,19-20,23-24,28,34,38-39H,4-5,12-18,33H2,1-2H3,(H,35,37)/t19-,20+,23-,24+,28-,30?/m1/s1. The summed E-state index contributed by atoms with van der Waals surface area (Å²) in [6, 6.07) is 11.3. The van der Waals surface area contributed by atoms with Crippen LogP contribution in [0.25, 0.3) is 0 Å². The molecule has 1 amide bonds. The summed E-state index contributed by atoms with van der Waals surface area (Å²) in [6.45, 7) is 5.13. The summed E-state index contributed by atoms with van der Waals surface area (Å²) in [5.41, 5.74) is 7.79. The van der Waals surface area contributed by atoms with E-state index < -0.39 is 34.0 Å². The van der Waals surface area contributed by atoms with Crippen molar-refractivity contribution in [3.63, 3.8) is 0 Å². The third kappa shape index (κ3) is 6.60. The Hall–Kier alpha value is -1.76. The molecule has 0 spiro atoms. The van der Waals surface area contributed by atoms with E-state index in [0.29, 0.717) is 60.8 Å². The van der Waals surface area contributed by atoms with Crippen molar-refractivity contribution in [1.29, 1.82) is 0 Å². The monoisotopic (exact) mass is 608 g/mol. The first-order chi connectivity index (χ1) is 19.5. The number of piperazine rings is 1. The molecule has 7 atom stereocenters. The molecule has 3 saturated heterocycles. The normalized spacial score (nSPS) is 32.9. The highest BCUT2D eigenvalue weighted by Gasteiger charge is 2.47. The molecule has 3 aliphatic heterocycles. The second-order valence-corrected chi connectivity index (χ2v) is 14.5. The Bertz CT molecular complexity index is 1230. The maximum Gasteiger partial charge on any atom is 0.242 e. The molecule has 2 aromatic carbocycles. The molecule has 41 heavy (non-hydrogen) atoms. The molecule has 3 heterocycles. The van der Waals surface area contributed by atoms with Crippen molar-refractivity contribution in [2.75, 3.05) is 24.2 Å². The summed E-state index contributed by atoms with van der Waals surface area (Å²) in [6.07, 6.45) is 3.40. The van der Waals surface area contributed by atoms with Gasteiger partial charge < -0.3 is 21.1 Å². The van der Waals surface area contributed by atoms with Crippen LogP contribution in [-0.2, 0) is 21.4 Å². The molecule has 11 heteroatoms. The number of halogens is 2. The maximum absolute atomic E-state index is 15.2. The van der Waals surface area contributed by atoms with Crippen LogP contribution in [0.4, 0.5) is 10.1 Å². The van der Waals surface area contributed by atoms with Crippen molar-refractivity contribution in [3.05, 3.63) is 64.4 Å². The number of fused-ring (bicyclic) bond motifs is 2. The predicted molar refractivity (Wildman–Crippen MR) is 163 cm³/mol. The van der Waals surface area contributed by atoms with E-state index in [1.165, 1.54) is 6.07 Å². The molecule has 2 unspecified atom stereocenters. The predicted octanol–water partition coefficient (Wildman–Crippen LogP) is 5.30. The molecule has 3 fully saturated rings. The summed E-state index contributed by atoms with van der Waals surface area (Å²) in [7, 11) is -2.86. The van der Waals surface area contributed by atoms with Gasteiger partial charge in [-0.15, -0.1) is 10.8 Å². The zero-order chi connectivity index (χ0) is 29.4. The Balaban J connectivity index is 1.36. The van der Waals surface area contributed by atoms with E-state index in [4.69, 9.17) is 22.1 Å². The number of nitrogens with two attached hydrogens (primary N) is 1. The van der Waals surface area contributed by atoms with Gasteiger partial charge in [-0.25, -0.2) is 8.70 Å². The number of rotatable bonds is 7. The van der Waals surface area contributed by atoms with E-state index >= 15 is 4.39 Å². The summed E-state index contributed by atoms with van der Waals surface area (Å²) < 4.78 is 44.6. The Labute approximate surface area is 248 Å². The summed E-state index contributed by atoms with van der Waals surface area (Å²) >= 11 is 6.17. The average Bonchev–Trinajstić information content (AvgIpc) is 3.03. The van der Waals surface area contributed by atoms with Crippen molar-refractivity contribution in [1.82, 2.24) is 9.62 Å². The molecule has 6 N–H and O–H groups in total. The first-order valence-corrected chi connectivity index (χ1v) is 16.5. The van der Waals surface area contributed by atoms with E-state index in [1.807, 2.05) is 30.3 Å². The van der Waals surface area contributed by atoms with Gasteiger partial charge in [-0.05, 0) is 82.2 Å². The van der Waals surface area contributed by atoms with Gasteiger partial charge in [0.15, 0.2) is 0 Å². The number of nitrogens with zero attached hydrogens (tertiary/aromatic N) is 1. The van der Waals surface area contributed by atoms with Crippen LogP contribution in [0, 0.1) is 5.82 Å². The van der Waals surface area contributed by atoms with Crippen molar-refractivity contribution >= 4 is 34.0 Å². The SMILES string of the molecule is C[C@@H]1CC(c2ccc(Cl)cc2)([C@H](N)C(=O)Nc2cccc(F)c2CC[C@H]2CN[C@@H]3CCCS(O)(O)N2C3)C[C@H](C)O1. The van der Waals surface area contributed by atoms with Crippen LogP contribution in [-0.4, -0.2) is 68.5 Å². The number of nitrogens with one attached hydrogen (secondary N) is 2. The highest BCUT2D eigenvalue weighted by molar-refractivity contribution is 8.22. The molecule has 226 valence electrons. The molecule has 0 saturated carbocycles. The molecular weight excluding hydrogens is 567 g/mol. The molecule has 3 aliphatic rings. The van der Waals surface area contributed by atoms with Gasteiger partial charge >= 0.3 is 0 Å². The highest BCUT2D eigenvalue weighted by Crippen LogP contribution is 2.49. The molecule has 2 aromatic rings. The number of carbonyl (C=O) groups is 1. The van der Waals surface area contributed by atoms with Crippen molar-refractivity contribution in [2.45, 2.75) is 88.1 Å². The number of hydrogen-bond donors (Lipinski definition) is 5. The molecular formula is C30H42ClFN4O4S. The first kappa shape index (κ1) is 30.7. The largest absolute Gasteiger partial charge is 0.375 e. The minimum absolute atomic E-state index is 0.104. The number of hydrogen-bond acceptors (Lipinski definition) is 7. The van der Waals surface area contributed by atoms with Gasteiger partial charge in [0.05, 0.1) is 24.0 Å². The quantitative estimate of drug-likeness (QED) is 0.289. The molecule has 0 radical (unpaired) electrons. The fourth-order valence-corrected chi connectivity index (χ4v) is 9.02. The molecule has 8 nitrogen and oxygen atoms in total. The topological polar surface area (TPSA) is 120 Å². The summed E-state index contributed by atoms with van der Waals surface area (Å²) in [4.78, 5) is 13.8. The third-order valence-electron chi connectivity index (χ3n) is 8.97. The third-order valence-corrected chi connectivity index (χ3v) is 11.3. The Morgan fingerprint density at radius 2 is 1.95 bits per heavy atom. The molecule has 2 bridgehead atoms. The van der Waals surface area contributed by atoms with Crippen LogP contribution in [0.2, 0.25) is 5.02 Å². The van der Waals surface area contributed by atoms with E-state index in [1.54, 1.807) is 24.3 Å². The van der Waals surface area contributed by atoms with E-state index in [0.717, 1.165) is 18.4 Å². The lowest BCUT2D eigenvalue weighted by Gasteiger charge is -2.49. The van der Waals surface area contributed by atoms with E-state index in [-0.39, 0.29) is 24.3 Å². The summed E-state index contributed by atoms with van der Waals surface area (Å²) in [5.74, 6) is -0.448.